The number of carbonyl (C=O) groups is 1. The molecular formula is C10H13BrClFN2O. The van der Waals surface area contributed by atoms with Crippen molar-refractivity contribution < 1.29 is 9.18 Å². The van der Waals surface area contributed by atoms with Crippen LogP contribution in [-0.2, 0) is 11.3 Å². The topological polar surface area (TPSA) is 55.1 Å². The molecule has 1 aromatic rings. The molecular weight excluding hydrogens is 298 g/mol. The van der Waals surface area contributed by atoms with E-state index in [4.69, 9.17) is 5.73 Å². The van der Waals surface area contributed by atoms with Gasteiger partial charge in [-0.25, -0.2) is 4.39 Å². The van der Waals surface area contributed by atoms with Crippen LogP contribution in [0, 0.1) is 5.82 Å². The third kappa shape index (κ3) is 4.47. The molecule has 0 saturated heterocycles. The van der Waals surface area contributed by atoms with E-state index in [-0.39, 0.29) is 30.7 Å². The minimum absolute atomic E-state index is 0. The molecule has 1 atom stereocenters. The summed E-state index contributed by atoms with van der Waals surface area (Å²) in [6, 6.07) is 4.15. The van der Waals surface area contributed by atoms with E-state index in [1.165, 1.54) is 6.07 Å². The van der Waals surface area contributed by atoms with E-state index < -0.39 is 6.04 Å². The molecule has 0 bridgehead atoms. The van der Waals surface area contributed by atoms with Crippen molar-refractivity contribution in [3.8, 4) is 0 Å². The third-order valence-electron chi connectivity index (χ3n) is 1.86. The highest BCUT2D eigenvalue weighted by Gasteiger charge is 2.07. The maximum atomic E-state index is 13.1. The molecule has 0 radical (unpaired) electrons. The van der Waals surface area contributed by atoms with Crippen LogP contribution < -0.4 is 11.1 Å². The van der Waals surface area contributed by atoms with Crippen molar-refractivity contribution in [2.45, 2.75) is 19.5 Å². The average Bonchev–Trinajstić information content (AvgIpc) is 2.19. The number of hydrogen-bond donors (Lipinski definition) is 2. The SMILES string of the molecule is CC(N)C(=O)NCc1ccc(Br)c(F)c1.Cl. The third-order valence-corrected chi connectivity index (χ3v) is 2.51. The summed E-state index contributed by atoms with van der Waals surface area (Å²) in [5.74, 6) is -0.596. The highest BCUT2D eigenvalue weighted by molar-refractivity contribution is 9.10. The summed E-state index contributed by atoms with van der Waals surface area (Å²) in [5.41, 5.74) is 6.06. The Morgan fingerprint density at radius 1 is 1.62 bits per heavy atom. The summed E-state index contributed by atoms with van der Waals surface area (Å²) < 4.78 is 13.5. The molecule has 1 amide bonds. The molecule has 0 fully saturated rings. The van der Waals surface area contributed by atoms with Crippen molar-refractivity contribution in [2.24, 2.45) is 5.73 Å². The molecule has 6 heteroatoms. The Kier molecular flexibility index (Phi) is 6.55. The molecule has 0 heterocycles. The first-order valence-corrected chi connectivity index (χ1v) is 5.27. The van der Waals surface area contributed by atoms with Gasteiger partial charge in [0.15, 0.2) is 0 Å². The predicted molar refractivity (Wildman–Crippen MR) is 66.8 cm³/mol. The van der Waals surface area contributed by atoms with Gasteiger partial charge < -0.3 is 11.1 Å². The molecule has 16 heavy (non-hydrogen) atoms. The van der Waals surface area contributed by atoms with Gasteiger partial charge in [-0.3, -0.25) is 4.79 Å². The van der Waals surface area contributed by atoms with E-state index in [1.807, 2.05) is 0 Å². The van der Waals surface area contributed by atoms with Crippen molar-refractivity contribution in [2.75, 3.05) is 0 Å². The van der Waals surface area contributed by atoms with E-state index in [0.717, 1.165) is 0 Å². The lowest BCUT2D eigenvalue weighted by Crippen LogP contribution is -2.37. The maximum Gasteiger partial charge on any atom is 0.236 e. The van der Waals surface area contributed by atoms with Gasteiger partial charge >= 0.3 is 0 Å². The number of nitrogens with one attached hydrogen (secondary N) is 1. The number of amides is 1. The standard InChI is InChI=1S/C10H12BrFN2O.ClH/c1-6(13)10(15)14-5-7-2-3-8(11)9(12)4-7;/h2-4,6H,5,13H2,1H3,(H,14,15);1H. The Bertz CT molecular complexity index is 374. The van der Waals surface area contributed by atoms with E-state index in [9.17, 15) is 9.18 Å². The van der Waals surface area contributed by atoms with E-state index >= 15 is 0 Å². The fourth-order valence-corrected chi connectivity index (χ4v) is 1.25. The van der Waals surface area contributed by atoms with Gasteiger partial charge in [0.2, 0.25) is 5.91 Å². The van der Waals surface area contributed by atoms with E-state index in [2.05, 4.69) is 21.2 Å². The summed E-state index contributed by atoms with van der Waals surface area (Å²) in [7, 11) is 0. The molecule has 3 nitrogen and oxygen atoms in total. The van der Waals surface area contributed by atoms with Crippen molar-refractivity contribution >= 4 is 34.2 Å². The van der Waals surface area contributed by atoms with Crippen LogP contribution in [0.4, 0.5) is 4.39 Å². The largest absolute Gasteiger partial charge is 0.351 e. The zero-order chi connectivity index (χ0) is 11.4. The molecule has 1 rings (SSSR count). The van der Waals surface area contributed by atoms with E-state index in [0.29, 0.717) is 10.0 Å². The zero-order valence-electron chi connectivity index (χ0n) is 8.67. The van der Waals surface area contributed by atoms with Crippen molar-refractivity contribution in [1.29, 1.82) is 0 Å². The molecule has 0 saturated carbocycles. The summed E-state index contributed by atoms with van der Waals surface area (Å²) in [6.07, 6.45) is 0. The fourth-order valence-electron chi connectivity index (χ4n) is 1.000. The normalized spacial score (nSPS) is 11.5. The lowest BCUT2D eigenvalue weighted by atomic mass is 10.2. The second kappa shape index (κ2) is 6.83. The van der Waals surface area contributed by atoms with Gasteiger partial charge in [-0.2, -0.15) is 0 Å². The molecule has 1 aromatic carbocycles. The first-order valence-electron chi connectivity index (χ1n) is 4.48. The predicted octanol–water partition coefficient (Wildman–Crippen LogP) is 1.97. The average molecular weight is 312 g/mol. The minimum atomic E-state index is -0.551. The van der Waals surface area contributed by atoms with Crippen LogP contribution in [0.2, 0.25) is 0 Å². The van der Waals surface area contributed by atoms with Gasteiger partial charge in [-0.05, 0) is 40.5 Å². The second-order valence-electron chi connectivity index (χ2n) is 3.25. The summed E-state index contributed by atoms with van der Waals surface area (Å²) in [6.45, 7) is 1.88. The maximum absolute atomic E-state index is 13.1. The van der Waals surface area contributed by atoms with Crippen LogP contribution >= 0.6 is 28.3 Å². The Morgan fingerprint density at radius 2 is 2.25 bits per heavy atom. The van der Waals surface area contributed by atoms with Gasteiger partial charge in [0, 0.05) is 6.54 Å². The Morgan fingerprint density at radius 3 is 2.75 bits per heavy atom. The monoisotopic (exact) mass is 310 g/mol. The molecule has 90 valence electrons. The van der Waals surface area contributed by atoms with Gasteiger partial charge in [0.1, 0.15) is 5.82 Å². The van der Waals surface area contributed by atoms with Crippen molar-refractivity contribution in [1.82, 2.24) is 5.32 Å². The number of benzene rings is 1. The molecule has 0 spiro atoms. The number of nitrogens with two attached hydrogens (primary N) is 1. The van der Waals surface area contributed by atoms with Crippen LogP contribution in [-0.4, -0.2) is 11.9 Å². The summed E-state index contributed by atoms with van der Waals surface area (Å²) in [5, 5.41) is 2.60. The zero-order valence-corrected chi connectivity index (χ0v) is 11.1. The quantitative estimate of drug-likeness (QED) is 0.897. The first kappa shape index (κ1) is 15.3. The van der Waals surface area contributed by atoms with Crippen molar-refractivity contribution in [3.05, 3.63) is 34.1 Å². The van der Waals surface area contributed by atoms with Gasteiger partial charge in [-0.15, -0.1) is 12.4 Å². The summed E-state index contributed by atoms with van der Waals surface area (Å²) in [4.78, 5) is 11.1. The highest BCUT2D eigenvalue weighted by atomic mass is 79.9. The summed E-state index contributed by atoms with van der Waals surface area (Å²) >= 11 is 3.05. The molecule has 0 aliphatic heterocycles. The Labute approximate surface area is 108 Å². The number of rotatable bonds is 3. The lowest BCUT2D eigenvalue weighted by molar-refractivity contribution is -0.122. The second-order valence-corrected chi connectivity index (χ2v) is 4.11. The van der Waals surface area contributed by atoms with Crippen LogP contribution in [0.3, 0.4) is 0 Å². The van der Waals surface area contributed by atoms with Gasteiger partial charge in [-0.1, -0.05) is 6.07 Å². The van der Waals surface area contributed by atoms with Crippen LogP contribution in [0.15, 0.2) is 22.7 Å². The molecule has 0 aliphatic carbocycles. The first-order chi connectivity index (χ1) is 7.00. The highest BCUT2D eigenvalue weighted by Crippen LogP contribution is 2.16. The van der Waals surface area contributed by atoms with Crippen LogP contribution in [0.25, 0.3) is 0 Å². The van der Waals surface area contributed by atoms with Gasteiger partial charge in [0.05, 0.1) is 10.5 Å². The number of carbonyl (C=O) groups excluding carboxylic acids is 1. The van der Waals surface area contributed by atoms with E-state index in [1.54, 1.807) is 19.1 Å². The number of halogens is 3. The lowest BCUT2D eigenvalue weighted by Gasteiger charge is -2.07. The Balaban J connectivity index is 0.00000225. The molecule has 1 unspecified atom stereocenters. The van der Waals surface area contributed by atoms with Crippen LogP contribution in [0.5, 0.6) is 0 Å². The number of hydrogen-bond acceptors (Lipinski definition) is 2. The molecule has 3 N–H and O–H groups in total. The van der Waals surface area contributed by atoms with Crippen molar-refractivity contribution in [3.63, 3.8) is 0 Å². The van der Waals surface area contributed by atoms with Crippen LogP contribution in [0.1, 0.15) is 12.5 Å². The Hall–Kier alpha value is -0.650. The molecule has 0 aliphatic rings. The fraction of sp³-hybridized carbons (Fsp3) is 0.300. The molecule has 0 aromatic heterocycles. The minimum Gasteiger partial charge on any atom is -0.351 e. The smallest absolute Gasteiger partial charge is 0.236 e. The van der Waals surface area contributed by atoms with Gasteiger partial charge in [0.25, 0.3) is 0 Å².